The molecular formula is C22H23ClFN5O3. The van der Waals surface area contributed by atoms with Crippen LogP contribution in [0.4, 0.5) is 14.9 Å². The van der Waals surface area contributed by atoms with Gasteiger partial charge in [0.25, 0.3) is 0 Å². The number of fused-ring (bicyclic) bond motifs is 1. The first-order valence-electron chi connectivity index (χ1n) is 10.2. The molecule has 1 aromatic heterocycles. The Kier molecular flexibility index (Phi) is 6.57. The van der Waals surface area contributed by atoms with Crippen molar-refractivity contribution in [3.63, 3.8) is 0 Å². The molecular weight excluding hydrogens is 437 g/mol. The standard InChI is InChI=1S/C22H23ClFN5O3/c1-14-12-28(2)10-11-29(14)22(30)32-21-26-17-8-4-3-6-15(17)20(27-21)31-13-25-18-9-5-7-16(23)19(18)24/h3-9,14,25H,10-13H2,1-2H3. The van der Waals surface area contributed by atoms with E-state index >= 15 is 0 Å². The van der Waals surface area contributed by atoms with Gasteiger partial charge >= 0.3 is 12.1 Å². The minimum absolute atomic E-state index is 0.00854. The number of carbonyl (C=O) groups excluding carboxylic acids is 1. The van der Waals surface area contributed by atoms with E-state index in [1.54, 1.807) is 29.2 Å². The van der Waals surface area contributed by atoms with E-state index in [9.17, 15) is 9.18 Å². The molecule has 1 atom stereocenters. The number of hydrogen-bond acceptors (Lipinski definition) is 7. The minimum atomic E-state index is -0.568. The van der Waals surface area contributed by atoms with E-state index in [-0.39, 0.29) is 35.4 Å². The number of likely N-dealkylation sites (N-methyl/N-ethyl adjacent to an activating group) is 1. The predicted octanol–water partition coefficient (Wildman–Crippen LogP) is 4.01. The number of piperazine rings is 1. The lowest BCUT2D eigenvalue weighted by Gasteiger charge is -2.37. The molecule has 0 radical (unpaired) electrons. The summed E-state index contributed by atoms with van der Waals surface area (Å²) in [6, 6.07) is 11.7. The molecule has 8 nitrogen and oxygen atoms in total. The number of nitrogens with zero attached hydrogens (tertiary/aromatic N) is 4. The van der Waals surface area contributed by atoms with Gasteiger partial charge in [-0.25, -0.2) is 9.18 Å². The van der Waals surface area contributed by atoms with Crippen molar-refractivity contribution in [3.8, 4) is 11.9 Å². The predicted molar refractivity (Wildman–Crippen MR) is 120 cm³/mol. The highest BCUT2D eigenvalue weighted by Gasteiger charge is 2.28. The number of carbonyl (C=O) groups is 1. The largest absolute Gasteiger partial charge is 0.456 e. The summed E-state index contributed by atoms with van der Waals surface area (Å²) in [5.41, 5.74) is 0.757. The van der Waals surface area contributed by atoms with Gasteiger partial charge in [0.15, 0.2) is 12.5 Å². The average Bonchev–Trinajstić information content (AvgIpc) is 2.76. The first-order chi connectivity index (χ1) is 15.4. The SMILES string of the molecule is CC1CN(C)CCN1C(=O)Oc1nc(OCNc2cccc(Cl)c2F)c2ccccc2n1. The van der Waals surface area contributed by atoms with Crippen LogP contribution in [0.2, 0.25) is 5.02 Å². The molecule has 3 aromatic rings. The van der Waals surface area contributed by atoms with Gasteiger partial charge in [-0.3, -0.25) is 0 Å². The van der Waals surface area contributed by atoms with Gasteiger partial charge in [-0.15, -0.1) is 0 Å². The molecule has 4 rings (SSSR count). The lowest BCUT2D eigenvalue weighted by molar-refractivity contribution is 0.0871. The van der Waals surface area contributed by atoms with Crippen LogP contribution >= 0.6 is 11.6 Å². The smallest absolute Gasteiger partial charge is 0.418 e. The second kappa shape index (κ2) is 9.54. The van der Waals surface area contributed by atoms with E-state index in [1.165, 1.54) is 6.07 Å². The van der Waals surface area contributed by atoms with Crippen LogP contribution in [0.25, 0.3) is 10.9 Å². The van der Waals surface area contributed by atoms with Crippen LogP contribution in [0.15, 0.2) is 42.5 Å². The Morgan fingerprint density at radius 2 is 2.03 bits per heavy atom. The number of ether oxygens (including phenoxy) is 2. The van der Waals surface area contributed by atoms with Crippen molar-refractivity contribution in [3.05, 3.63) is 53.3 Å². The van der Waals surface area contributed by atoms with Crippen molar-refractivity contribution in [2.45, 2.75) is 13.0 Å². The first-order valence-corrected chi connectivity index (χ1v) is 10.5. The summed E-state index contributed by atoms with van der Waals surface area (Å²) < 4.78 is 25.3. The van der Waals surface area contributed by atoms with E-state index in [0.717, 1.165) is 13.1 Å². The zero-order valence-electron chi connectivity index (χ0n) is 17.7. The van der Waals surface area contributed by atoms with Crippen LogP contribution in [0.5, 0.6) is 11.9 Å². The highest BCUT2D eigenvalue weighted by atomic mass is 35.5. The Labute approximate surface area is 189 Å². The Balaban J connectivity index is 1.51. The number of benzene rings is 2. The fourth-order valence-corrected chi connectivity index (χ4v) is 3.73. The van der Waals surface area contributed by atoms with Crippen molar-refractivity contribution in [1.82, 2.24) is 19.8 Å². The fourth-order valence-electron chi connectivity index (χ4n) is 3.55. The fraction of sp³-hybridized carbons (Fsp3) is 0.318. The quantitative estimate of drug-likeness (QED) is 0.577. The number of halogens is 2. The van der Waals surface area contributed by atoms with Crippen molar-refractivity contribution in [2.75, 3.05) is 38.7 Å². The normalized spacial score (nSPS) is 16.8. The number of anilines is 1. The summed E-state index contributed by atoms with van der Waals surface area (Å²) in [6.07, 6.45) is -0.508. The Hall–Kier alpha value is -3.17. The summed E-state index contributed by atoms with van der Waals surface area (Å²) in [6.45, 7) is 3.96. The third-order valence-electron chi connectivity index (χ3n) is 5.21. The van der Waals surface area contributed by atoms with Gasteiger partial charge in [0.05, 0.1) is 21.6 Å². The number of amides is 1. The maximum Gasteiger partial charge on any atom is 0.418 e. The molecule has 0 saturated carbocycles. The molecule has 0 bridgehead atoms. The minimum Gasteiger partial charge on any atom is -0.456 e. The van der Waals surface area contributed by atoms with Gasteiger partial charge in [0, 0.05) is 25.7 Å². The molecule has 168 valence electrons. The lowest BCUT2D eigenvalue weighted by Crippen LogP contribution is -2.53. The number of nitrogens with one attached hydrogen (secondary N) is 1. The number of rotatable bonds is 5. The maximum atomic E-state index is 14.1. The third kappa shape index (κ3) is 4.84. The number of hydrogen-bond donors (Lipinski definition) is 1. The topological polar surface area (TPSA) is 79.8 Å². The van der Waals surface area contributed by atoms with Crippen LogP contribution < -0.4 is 14.8 Å². The molecule has 1 saturated heterocycles. The monoisotopic (exact) mass is 459 g/mol. The zero-order chi connectivity index (χ0) is 22.7. The molecule has 1 aliphatic heterocycles. The molecule has 1 unspecified atom stereocenters. The summed E-state index contributed by atoms with van der Waals surface area (Å²) >= 11 is 5.81. The molecule has 1 amide bonds. The van der Waals surface area contributed by atoms with E-state index in [0.29, 0.717) is 17.4 Å². The molecule has 2 heterocycles. The third-order valence-corrected chi connectivity index (χ3v) is 5.51. The molecule has 2 aromatic carbocycles. The zero-order valence-corrected chi connectivity index (χ0v) is 18.5. The second-order valence-electron chi connectivity index (χ2n) is 7.57. The molecule has 1 fully saturated rings. The molecule has 32 heavy (non-hydrogen) atoms. The highest BCUT2D eigenvalue weighted by Crippen LogP contribution is 2.26. The van der Waals surface area contributed by atoms with Crippen molar-refractivity contribution in [2.24, 2.45) is 0 Å². The lowest BCUT2D eigenvalue weighted by atomic mass is 10.2. The van der Waals surface area contributed by atoms with Gasteiger partial charge < -0.3 is 24.6 Å². The Morgan fingerprint density at radius 1 is 1.22 bits per heavy atom. The van der Waals surface area contributed by atoms with Gasteiger partial charge in [-0.05, 0) is 38.2 Å². The Bertz CT molecular complexity index is 1130. The van der Waals surface area contributed by atoms with E-state index in [1.807, 2.05) is 26.1 Å². The maximum absolute atomic E-state index is 14.1. The number of aromatic nitrogens is 2. The number of para-hydroxylation sites is 1. The summed E-state index contributed by atoms with van der Waals surface area (Å²) in [5.74, 6) is -0.360. The summed E-state index contributed by atoms with van der Waals surface area (Å²) in [5, 5.41) is 3.47. The van der Waals surface area contributed by atoms with Crippen LogP contribution in [0.1, 0.15) is 6.92 Å². The van der Waals surface area contributed by atoms with Gasteiger partial charge in [0.1, 0.15) is 0 Å². The molecule has 1 N–H and O–H groups in total. The van der Waals surface area contributed by atoms with Crippen molar-refractivity contribution < 1.29 is 18.7 Å². The van der Waals surface area contributed by atoms with Crippen LogP contribution in [0.3, 0.4) is 0 Å². The van der Waals surface area contributed by atoms with Gasteiger partial charge in [-0.1, -0.05) is 29.8 Å². The van der Waals surface area contributed by atoms with Crippen LogP contribution in [0, 0.1) is 5.82 Å². The summed E-state index contributed by atoms with van der Waals surface area (Å²) in [4.78, 5) is 25.1. The molecule has 1 aliphatic rings. The molecule has 0 aliphatic carbocycles. The Morgan fingerprint density at radius 3 is 2.84 bits per heavy atom. The van der Waals surface area contributed by atoms with E-state index < -0.39 is 11.9 Å². The average molecular weight is 460 g/mol. The second-order valence-corrected chi connectivity index (χ2v) is 7.98. The van der Waals surface area contributed by atoms with Crippen molar-refractivity contribution >= 4 is 34.3 Å². The van der Waals surface area contributed by atoms with Crippen molar-refractivity contribution in [1.29, 1.82) is 0 Å². The van der Waals surface area contributed by atoms with E-state index in [2.05, 4.69) is 20.2 Å². The van der Waals surface area contributed by atoms with Crippen LogP contribution in [-0.2, 0) is 0 Å². The molecule has 10 heteroatoms. The highest BCUT2D eigenvalue weighted by molar-refractivity contribution is 6.31. The molecule has 0 spiro atoms. The summed E-state index contributed by atoms with van der Waals surface area (Å²) in [7, 11) is 2.01. The first kappa shape index (κ1) is 22.0. The van der Waals surface area contributed by atoms with Crippen LogP contribution in [-0.4, -0.2) is 65.3 Å². The van der Waals surface area contributed by atoms with E-state index in [4.69, 9.17) is 21.1 Å². The van der Waals surface area contributed by atoms with Gasteiger partial charge in [0.2, 0.25) is 5.88 Å². The van der Waals surface area contributed by atoms with Gasteiger partial charge in [-0.2, -0.15) is 9.97 Å².